The summed E-state index contributed by atoms with van der Waals surface area (Å²) in [6, 6.07) is 40.3. The molecular weight excluding hydrogens is 440 g/mol. The largest absolute Gasteiger partial charge is 0.453 e. The van der Waals surface area contributed by atoms with Gasteiger partial charge in [-0.15, -0.1) is 0 Å². The van der Waals surface area contributed by atoms with Crippen molar-refractivity contribution in [2.75, 3.05) is 0 Å². The molecular formula is C33H20N2O. The highest BCUT2D eigenvalue weighted by atomic mass is 16.3. The van der Waals surface area contributed by atoms with Crippen LogP contribution >= 0.6 is 0 Å². The third-order valence-electron chi connectivity index (χ3n) is 7.23. The first-order chi connectivity index (χ1) is 17.9. The molecule has 5 aromatic carbocycles. The lowest BCUT2D eigenvalue weighted by atomic mass is 9.98. The van der Waals surface area contributed by atoms with Gasteiger partial charge in [-0.3, -0.25) is 4.98 Å². The maximum Gasteiger partial charge on any atom is 0.160 e. The van der Waals surface area contributed by atoms with Crippen LogP contribution in [0.2, 0.25) is 0 Å². The SMILES string of the molecule is c1ccc(-n2c3ccccc3c3c4ccccc4c4c5cccc(-c6ccccn6)c5oc4c32)cc1. The summed E-state index contributed by atoms with van der Waals surface area (Å²) >= 11 is 0. The van der Waals surface area contributed by atoms with Gasteiger partial charge < -0.3 is 8.98 Å². The summed E-state index contributed by atoms with van der Waals surface area (Å²) in [5, 5.41) is 7.13. The van der Waals surface area contributed by atoms with Crippen molar-refractivity contribution in [1.82, 2.24) is 9.55 Å². The third-order valence-corrected chi connectivity index (χ3v) is 7.23. The number of aromatic nitrogens is 2. The number of rotatable bonds is 2. The molecule has 0 spiro atoms. The van der Waals surface area contributed by atoms with Crippen LogP contribution < -0.4 is 0 Å². The summed E-state index contributed by atoms with van der Waals surface area (Å²) in [4.78, 5) is 4.63. The van der Waals surface area contributed by atoms with Crippen LogP contribution in [0.15, 0.2) is 126 Å². The van der Waals surface area contributed by atoms with Crippen LogP contribution in [0.5, 0.6) is 0 Å². The van der Waals surface area contributed by atoms with Gasteiger partial charge in [0.05, 0.1) is 16.7 Å². The van der Waals surface area contributed by atoms with E-state index in [2.05, 4.69) is 107 Å². The molecule has 8 aromatic rings. The highest BCUT2D eigenvalue weighted by Gasteiger charge is 2.23. The number of fused-ring (bicyclic) bond motifs is 10. The van der Waals surface area contributed by atoms with E-state index < -0.39 is 0 Å². The smallest absolute Gasteiger partial charge is 0.160 e. The molecule has 168 valence electrons. The highest BCUT2D eigenvalue weighted by Crippen LogP contribution is 2.46. The fourth-order valence-corrected chi connectivity index (χ4v) is 5.77. The van der Waals surface area contributed by atoms with Crippen LogP contribution in [0.25, 0.3) is 71.5 Å². The van der Waals surface area contributed by atoms with Crippen molar-refractivity contribution in [3.63, 3.8) is 0 Å². The maximum atomic E-state index is 6.89. The second-order valence-electron chi connectivity index (χ2n) is 9.16. The van der Waals surface area contributed by atoms with Gasteiger partial charge >= 0.3 is 0 Å². The Bertz CT molecular complexity index is 2080. The molecule has 0 unspecified atom stereocenters. The average molecular weight is 461 g/mol. The number of benzene rings is 5. The molecule has 0 fully saturated rings. The molecule has 0 bridgehead atoms. The average Bonchev–Trinajstić information content (AvgIpc) is 3.51. The molecule has 36 heavy (non-hydrogen) atoms. The van der Waals surface area contributed by atoms with Crippen LogP contribution in [0.4, 0.5) is 0 Å². The third kappa shape index (κ3) is 2.54. The van der Waals surface area contributed by atoms with Gasteiger partial charge in [-0.05, 0) is 47.2 Å². The van der Waals surface area contributed by atoms with Crippen molar-refractivity contribution in [1.29, 1.82) is 0 Å². The molecule has 0 saturated heterocycles. The Labute approximate surface area is 206 Å². The second-order valence-corrected chi connectivity index (χ2v) is 9.16. The Morgan fingerprint density at radius 3 is 2.03 bits per heavy atom. The predicted octanol–water partition coefficient (Wildman–Crippen LogP) is 8.90. The number of furan rings is 1. The lowest BCUT2D eigenvalue weighted by Gasteiger charge is -2.09. The van der Waals surface area contributed by atoms with E-state index in [0.717, 1.165) is 44.4 Å². The van der Waals surface area contributed by atoms with Crippen LogP contribution in [-0.2, 0) is 0 Å². The minimum absolute atomic E-state index is 0.869. The zero-order valence-corrected chi connectivity index (χ0v) is 19.3. The first-order valence-electron chi connectivity index (χ1n) is 12.2. The van der Waals surface area contributed by atoms with Gasteiger partial charge in [-0.25, -0.2) is 0 Å². The van der Waals surface area contributed by atoms with E-state index in [1.54, 1.807) is 0 Å². The molecule has 3 heterocycles. The zero-order chi connectivity index (χ0) is 23.6. The number of para-hydroxylation sites is 3. The van der Waals surface area contributed by atoms with Gasteiger partial charge in [-0.1, -0.05) is 78.9 Å². The van der Waals surface area contributed by atoms with Gasteiger partial charge in [-0.2, -0.15) is 0 Å². The van der Waals surface area contributed by atoms with E-state index in [-0.39, 0.29) is 0 Å². The molecule has 8 rings (SSSR count). The van der Waals surface area contributed by atoms with E-state index in [1.807, 2.05) is 24.4 Å². The molecule has 0 amide bonds. The van der Waals surface area contributed by atoms with E-state index in [4.69, 9.17) is 4.42 Å². The van der Waals surface area contributed by atoms with Crippen LogP contribution in [0.1, 0.15) is 0 Å². The van der Waals surface area contributed by atoms with Crippen LogP contribution in [0.3, 0.4) is 0 Å². The fraction of sp³-hybridized carbons (Fsp3) is 0. The summed E-state index contributed by atoms with van der Waals surface area (Å²) in [5.41, 5.74) is 7.07. The monoisotopic (exact) mass is 460 g/mol. The van der Waals surface area contributed by atoms with Crippen molar-refractivity contribution in [3.05, 3.63) is 121 Å². The van der Waals surface area contributed by atoms with E-state index in [9.17, 15) is 0 Å². The van der Waals surface area contributed by atoms with Gasteiger partial charge in [0.2, 0.25) is 0 Å². The zero-order valence-electron chi connectivity index (χ0n) is 19.3. The van der Waals surface area contributed by atoms with Crippen molar-refractivity contribution < 1.29 is 4.42 Å². The standard InChI is InChI=1S/C33H20N2O/c1-2-11-21(12-3-1)35-28-19-7-6-15-25(28)29-22-13-4-5-14-23(22)30-26-17-10-16-24(27-18-8-9-20-34-27)32(26)36-33(30)31(29)35/h1-20H. The molecule has 0 N–H and O–H groups in total. The number of hydrogen-bond donors (Lipinski definition) is 0. The van der Waals surface area contributed by atoms with E-state index in [1.165, 1.54) is 27.1 Å². The maximum absolute atomic E-state index is 6.89. The number of pyridine rings is 1. The minimum atomic E-state index is 0.869. The lowest BCUT2D eigenvalue weighted by molar-refractivity contribution is 0.672. The molecule has 0 aliphatic heterocycles. The predicted molar refractivity (Wildman–Crippen MR) is 149 cm³/mol. The van der Waals surface area contributed by atoms with E-state index in [0.29, 0.717) is 0 Å². The second kappa shape index (κ2) is 7.30. The molecule has 0 radical (unpaired) electrons. The molecule has 0 saturated carbocycles. The molecule has 0 aliphatic rings. The van der Waals surface area contributed by atoms with Crippen molar-refractivity contribution >= 4 is 54.5 Å². The Morgan fingerprint density at radius 2 is 1.22 bits per heavy atom. The number of hydrogen-bond acceptors (Lipinski definition) is 2. The van der Waals surface area contributed by atoms with Crippen molar-refractivity contribution in [2.45, 2.75) is 0 Å². The van der Waals surface area contributed by atoms with Crippen molar-refractivity contribution in [3.8, 4) is 16.9 Å². The first-order valence-corrected chi connectivity index (χ1v) is 12.2. The molecule has 0 atom stereocenters. The summed E-state index contributed by atoms with van der Waals surface area (Å²) < 4.78 is 9.24. The Kier molecular flexibility index (Phi) is 3.94. The molecule has 0 aliphatic carbocycles. The fourth-order valence-electron chi connectivity index (χ4n) is 5.77. The molecule has 3 aromatic heterocycles. The summed E-state index contributed by atoms with van der Waals surface area (Å²) in [7, 11) is 0. The van der Waals surface area contributed by atoms with Crippen molar-refractivity contribution in [2.24, 2.45) is 0 Å². The lowest BCUT2D eigenvalue weighted by Crippen LogP contribution is -1.93. The topological polar surface area (TPSA) is 31.0 Å². The Balaban J connectivity index is 1.68. The van der Waals surface area contributed by atoms with Gasteiger partial charge in [0.15, 0.2) is 5.58 Å². The molecule has 3 heteroatoms. The summed E-state index contributed by atoms with van der Waals surface area (Å²) in [6.07, 6.45) is 1.83. The summed E-state index contributed by atoms with van der Waals surface area (Å²) in [5.74, 6) is 0. The highest BCUT2D eigenvalue weighted by molar-refractivity contribution is 6.35. The first kappa shape index (κ1) is 19.4. The molecule has 3 nitrogen and oxygen atoms in total. The van der Waals surface area contributed by atoms with Gasteiger partial charge in [0.1, 0.15) is 5.58 Å². The summed E-state index contributed by atoms with van der Waals surface area (Å²) in [6.45, 7) is 0. The quantitative estimate of drug-likeness (QED) is 0.258. The van der Waals surface area contributed by atoms with E-state index >= 15 is 0 Å². The van der Waals surface area contributed by atoms with Crippen LogP contribution in [-0.4, -0.2) is 9.55 Å². The Hall–Kier alpha value is -4.89. The number of nitrogens with zero attached hydrogens (tertiary/aromatic N) is 2. The van der Waals surface area contributed by atoms with Gasteiger partial charge in [0, 0.05) is 39.0 Å². The normalized spacial score (nSPS) is 11.9. The Morgan fingerprint density at radius 1 is 0.528 bits per heavy atom. The van der Waals surface area contributed by atoms with Crippen LogP contribution in [0, 0.1) is 0 Å². The van der Waals surface area contributed by atoms with Gasteiger partial charge in [0.25, 0.3) is 0 Å². The minimum Gasteiger partial charge on any atom is -0.453 e.